The molecule has 0 heterocycles. The third kappa shape index (κ3) is 7.84. The Morgan fingerprint density at radius 3 is 1.94 bits per heavy atom. The van der Waals surface area contributed by atoms with Crippen LogP contribution >= 0.6 is 0 Å². The highest BCUT2D eigenvalue weighted by atomic mass is 15.1. The number of hydrogen-bond donors (Lipinski definition) is 3. The molecule has 5 heteroatoms. The average molecular weight is 474 g/mol. The minimum atomic E-state index is 0.0878. The fourth-order valence-electron chi connectivity index (χ4n) is 3.68. The van der Waals surface area contributed by atoms with Crippen LogP contribution in [0.15, 0.2) is 70.4 Å². The zero-order valence-corrected chi connectivity index (χ0v) is 23.1. The second kappa shape index (κ2) is 12.4. The lowest BCUT2D eigenvalue weighted by molar-refractivity contribution is 0.504. The van der Waals surface area contributed by atoms with Crippen molar-refractivity contribution in [2.24, 2.45) is 15.4 Å². The third-order valence-corrected chi connectivity index (χ3v) is 6.29. The van der Waals surface area contributed by atoms with Gasteiger partial charge in [0, 0.05) is 31.0 Å². The van der Waals surface area contributed by atoms with Crippen LogP contribution in [-0.4, -0.2) is 25.8 Å². The Kier molecular flexibility index (Phi) is 9.88. The molecule has 0 aliphatic carbocycles. The molecule has 0 aromatic heterocycles. The number of rotatable bonds is 8. The number of aliphatic imine (C=N–C) groups is 2. The van der Waals surface area contributed by atoms with Gasteiger partial charge in [-0.3, -0.25) is 9.98 Å². The van der Waals surface area contributed by atoms with E-state index in [0.717, 1.165) is 41.5 Å². The zero-order chi connectivity index (χ0) is 26.2. The van der Waals surface area contributed by atoms with Gasteiger partial charge in [0.15, 0.2) is 0 Å². The molecule has 0 radical (unpaired) electrons. The van der Waals surface area contributed by atoms with Crippen LogP contribution in [0, 0.1) is 12.3 Å². The van der Waals surface area contributed by atoms with Gasteiger partial charge in [0.2, 0.25) is 0 Å². The summed E-state index contributed by atoms with van der Waals surface area (Å²) in [7, 11) is 3.60. The van der Waals surface area contributed by atoms with Crippen molar-refractivity contribution >= 4 is 23.0 Å². The smallest absolute Gasteiger partial charge is 0.132 e. The Labute approximate surface area is 212 Å². The molecule has 0 fully saturated rings. The van der Waals surface area contributed by atoms with Crippen LogP contribution in [0.25, 0.3) is 0 Å². The van der Waals surface area contributed by atoms with Crippen LogP contribution in [0.5, 0.6) is 0 Å². The molecule has 0 saturated carbocycles. The summed E-state index contributed by atoms with van der Waals surface area (Å²) in [6, 6.07) is 12.7. The molecule has 0 spiro atoms. The van der Waals surface area contributed by atoms with Gasteiger partial charge in [0.05, 0.1) is 0 Å². The van der Waals surface area contributed by atoms with Gasteiger partial charge in [0.1, 0.15) is 17.5 Å². The minimum Gasteiger partial charge on any atom is -0.342 e. The van der Waals surface area contributed by atoms with Gasteiger partial charge in [0.25, 0.3) is 0 Å². The monoisotopic (exact) mass is 473 g/mol. The molecule has 0 bridgehead atoms. The third-order valence-electron chi connectivity index (χ3n) is 6.29. The molecule has 188 valence electrons. The van der Waals surface area contributed by atoms with Gasteiger partial charge in [-0.15, -0.1) is 0 Å². The maximum Gasteiger partial charge on any atom is 0.132 e. The number of nitrogens with zero attached hydrogens (tertiary/aromatic N) is 2. The fourth-order valence-corrected chi connectivity index (χ4v) is 3.68. The summed E-state index contributed by atoms with van der Waals surface area (Å²) in [6.07, 6.45) is 4.12. The second-order valence-corrected chi connectivity index (χ2v) is 9.83. The number of anilines is 2. The normalized spacial score (nSPS) is 13.0. The summed E-state index contributed by atoms with van der Waals surface area (Å²) in [5.41, 5.74) is 8.41. The molecule has 0 unspecified atom stereocenters. The lowest BCUT2D eigenvalue weighted by Crippen LogP contribution is -2.26. The molecule has 35 heavy (non-hydrogen) atoms. The van der Waals surface area contributed by atoms with E-state index in [9.17, 15) is 0 Å². The highest BCUT2D eigenvalue weighted by Crippen LogP contribution is 2.24. The van der Waals surface area contributed by atoms with Crippen molar-refractivity contribution in [3.8, 4) is 0 Å². The van der Waals surface area contributed by atoms with Crippen molar-refractivity contribution in [1.82, 2.24) is 5.32 Å². The number of nitrogens with one attached hydrogen (secondary N) is 3. The van der Waals surface area contributed by atoms with Crippen molar-refractivity contribution in [1.29, 1.82) is 0 Å². The van der Waals surface area contributed by atoms with Crippen LogP contribution < -0.4 is 16.0 Å². The molecular weight excluding hydrogens is 430 g/mol. The van der Waals surface area contributed by atoms with Crippen LogP contribution in [0.2, 0.25) is 0 Å². The molecule has 0 atom stereocenters. The van der Waals surface area contributed by atoms with Crippen molar-refractivity contribution in [3.05, 3.63) is 82.7 Å². The molecule has 3 N–H and O–H groups in total. The Hall–Kier alpha value is -3.34. The summed E-state index contributed by atoms with van der Waals surface area (Å²) in [6.45, 7) is 19.3. The van der Waals surface area contributed by atoms with E-state index in [1.807, 2.05) is 31.3 Å². The highest BCUT2D eigenvalue weighted by Gasteiger charge is 2.14. The zero-order valence-electron chi connectivity index (χ0n) is 23.1. The highest BCUT2D eigenvalue weighted by molar-refractivity contribution is 6.09. The fraction of sp³-hybridized carbons (Fsp3) is 0.400. The van der Waals surface area contributed by atoms with E-state index < -0.39 is 0 Å². The van der Waals surface area contributed by atoms with Gasteiger partial charge in [-0.05, 0) is 85.2 Å². The van der Waals surface area contributed by atoms with E-state index in [0.29, 0.717) is 5.82 Å². The number of benzene rings is 2. The van der Waals surface area contributed by atoms with Gasteiger partial charge < -0.3 is 16.0 Å². The van der Waals surface area contributed by atoms with Crippen LogP contribution in [0.3, 0.4) is 0 Å². The molecular formula is C30H43N5. The number of hydrogen-bond acceptors (Lipinski definition) is 3. The predicted octanol–water partition coefficient (Wildman–Crippen LogP) is 7.10. The van der Waals surface area contributed by atoms with Crippen molar-refractivity contribution in [2.45, 2.75) is 61.3 Å². The SMILES string of the molecule is C=C(NC(/C=C(\C)C(C)(C)C)=NC)Nc1ccc(NC(=NC)c2cc(CC)c(CC)cc2C)cc1. The lowest BCUT2D eigenvalue weighted by Gasteiger charge is -2.20. The van der Waals surface area contributed by atoms with E-state index in [1.54, 1.807) is 7.05 Å². The van der Waals surface area contributed by atoms with Crippen LogP contribution in [-0.2, 0) is 12.8 Å². The summed E-state index contributed by atoms with van der Waals surface area (Å²) in [5, 5.41) is 10.1. The van der Waals surface area contributed by atoms with E-state index in [2.05, 4.69) is 99.2 Å². The summed E-state index contributed by atoms with van der Waals surface area (Å²) >= 11 is 0. The maximum absolute atomic E-state index is 4.55. The Balaban J connectivity index is 2.10. The number of allylic oxidation sites excluding steroid dienone is 1. The first-order valence-electron chi connectivity index (χ1n) is 12.4. The van der Waals surface area contributed by atoms with E-state index in [4.69, 9.17) is 0 Å². The number of amidine groups is 2. The molecule has 2 rings (SSSR count). The van der Waals surface area contributed by atoms with Crippen molar-refractivity contribution in [3.63, 3.8) is 0 Å². The molecule has 0 saturated heterocycles. The lowest BCUT2D eigenvalue weighted by atomic mass is 9.87. The first-order chi connectivity index (χ1) is 16.5. The van der Waals surface area contributed by atoms with Crippen molar-refractivity contribution in [2.75, 3.05) is 24.7 Å². The summed E-state index contributed by atoms with van der Waals surface area (Å²) in [4.78, 5) is 8.89. The average Bonchev–Trinajstić information content (AvgIpc) is 2.82. The summed E-state index contributed by atoms with van der Waals surface area (Å²) < 4.78 is 0. The van der Waals surface area contributed by atoms with Crippen LogP contribution in [0.1, 0.15) is 63.8 Å². The Morgan fingerprint density at radius 2 is 1.46 bits per heavy atom. The van der Waals surface area contributed by atoms with E-state index in [1.165, 1.54) is 22.3 Å². The van der Waals surface area contributed by atoms with E-state index in [-0.39, 0.29) is 5.41 Å². The molecule has 0 amide bonds. The van der Waals surface area contributed by atoms with Gasteiger partial charge in [-0.1, -0.05) is 52.8 Å². The Bertz CT molecular complexity index is 1110. The molecule has 0 aliphatic heterocycles. The first-order valence-corrected chi connectivity index (χ1v) is 12.4. The molecule has 2 aromatic rings. The number of aryl methyl sites for hydroxylation is 3. The van der Waals surface area contributed by atoms with Gasteiger partial charge >= 0.3 is 0 Å². The minimum absolute atomic E-state index is 0.0878. The van der Waals surface area contributed by atoms with Crippen molar-refractivity contribution < 1.29 is 0 Å². The van der Waals surface area contributed by atoms with Gasteiger partial charge in [-0.25, -0.2) is 0 Å². The maximum atomic E-state index is 4.55. The largest absolute Gasteiger partial charge is 0.342 e. The second-order valence-electron chi connectivity index (χ2n) is 9.83. The Morgan fingerprint density at radius 1 is 0.914 bits per heavy atom. The molecule has 0 aliphatic rings. The van der Waals surface area contributed by atoms with Crippen LogP contribution in [0.4, 0.5) is 11.4 Å². The van der Waals surface area contributed by atoms with E-state index >= 15 is 0 Å². The molecule has 2 aromatic carbocycles. The van der Waals surface area contributed by atoms with Gasteiger partial charge in [-0.2, -0.15) is 0 Å². The summed E-state index contributed by atoms with van der Waals surface area (Å²) in [5.74, 6) is 2.31. The predicted molar refractivity (Wildman–Crippen MR) is 155 cm³/mol. The quantitative estimate of drug-likeness (QED) is 0.283. The first kappa shape index (κ1) is 27.9. The topological polar surface area (TPSA) is 60.8 Å². The molecule has 5 nitrogen and oxygen atoms in total. The standard InChI is InChI=1S/C30H43N5/c1-11-23-17-20(3)27(19-24(23)12-2)29(32-10)35-26-15-13-25(14-16-26)33-22(5)34-28(31-9)18-21(4)30(6,7)8/h13-19,33H,5,11-12H2,1-4,6-10H3,(H,31,34)(H,32,35)/b21-18+.